The van der Waals surface area contributed by atoms with Crippen molar-refractivity contribution in [2.24, 2.45) is 0 Å². The van der Waals surface area contributed by atoms with E-state index >= 15 is 0 Å². The van der Waals surface area contributed by atoms with Crippen LogP contribution in [0.5, 0.6) is 0 Å². The van der Waals surface area contributed by atoms with Gasteiger partial charge in [-0.1, -0.05) is 23.7 Å². The maximum atomic E-state index is 10.7. The second-order valence-electron chi connectivity index (χ2n) is 2.56. The van der Waals surface area contributed by atoms with Gasteiger partial charge in [-0.25, -0.2) is 0 Å². The van der Waals surface area contributed by atoms with Crippen molar-refractivity contribution in [3.8, 4) is 0 Å². The number of benzene rings is 1. The van der Waals surface area contributed by atoms with E-state index in [0.717, 1.165) is 0 Å². The number of nitrogens with one attached hydrogen (secondary N) is 1. The minimum atomic E-state index is -0.506. The quantitative estimate of drug-likeness (QED) is 0.474. The standard InChI is InChI=1S/C9H9ClN2O2/c1-2-6-11-8-5-3-4-7(10)9(8)12(13)14/h2-5,11H,1,6H2. The Morgan fingerprint density at radius 1 is 1.64 bits per heavy atom. The summed E-state index contributed by atoms with van der Waals surface area (Å²) in [5, 5.41) is 13.6. The molecule has 14 heavy (non-hydrogen) atoms. The first kappa shape index (κ1) is 10.5. The smallest absolute Gasteiger partial charge is 0.310 e. The molecule has 0 radical (unpaired) electrons. The first-order chi connectivity index (χ1) is 6.66. The van der Waals surface area contributed by atoms with Crippen molar-refractivity contribution < 1.29 is 4.92 Å². The molecule has 0 amide bonds. The summed E-state index contributed by atoms with van der Waals surface area (Å²) >= 11 is 5.70. The second kappa shape index (κ2) is 4.62. The molecule has 0 bridgehead atoms. The van der Waals surface area contributed by atoms with Gasteiger partial charge in [-0.3, -0.25) is 10.1 Å². The Balaban J connectivity index is 3.07. The average Bonchev–Trinajstić information content (AvgIpc) is 2.14. The van der Waals surface area contributed by atoms with Gasteiger partial charge < -0.3 is 5.32 Å². The number of hydrogen-bond acceptors (Lipinski definition) is 3. The van der Waals surface area contributed by atoms with E-state index in [1.54, 1.807) is 18.2 Å². The van der Waals surface area contributed by atoms with E-state index in [2.05, 4.69) is 11.9 Å². The average molecular weight is 213 g/mol. The Bertz CT molecular complexity index is 366. The summed E-state index contributed by atoms with van der Waals surface area (Å²) in [7, 11) is 0. The number of para-hydroxylation sites is 1. The van der Waals surface area contributed by atoms with Crippen molar-refractivity contribution in [1.82, 2.24) is 0 Å². The summed E-state index contributed by atoms with van der Waals surface area (Å²) in [4.78, 5) is 10.2. The number of nitro groups is 1. The lowest BCUT2D eigenvalue weighted by Gasteiger charge is -2.04. The highest BCUT2D eigenvalue weighted by atomic mass is 35.5. The van der Waals surface area contributed by atoms with E-state index in [1.165, 1.54) is 6.07 Å². The maximum absolute atomic E-state index is 10.7. The molecular formula is C9H9ClN2O2. The minimum Gasteiger partial charge on any atom is -0.376 e. The highest BCUT2D eigenvalue weighted by Gasteiger charge is 2.17. The molecule has 0 unspecified atom stereocenters. The fourth-order valence-corrected chi connectivity index (χ4v) is 1.27. The molecule has 4 nitrogen and oxygen atoms in total. The second-order valence-corrected chi connectivity index (χ2v) is 2.97. The summed E-state index contributed by atoms with van der Waals surface area (Å²) in [6, 6.07) is 4.74. The van der Waals surface area contributed by atoms with Gasteiger partial charge in [-0.2, -0.15) is 0 Å². The Morgan fingerprint density at radius 3 is 2.93 bits per heavy atom. The summed E-state index contributed by atoms with van der Waals surface area (Å²) in [5.41, 5.74) is 0.304. The van der Waals surface area contributed by atoms with Crippen LogP contribution in [0.25, 0.3) is 0 Å². The zero-order valence-electron chi connectivity index (χ0n) is 7.37. The van der Waals surface area contributed by atoms with Crippen molar-refractivity contribution in [2.75, 3.05) is 11.9 Å². The molecule has 5 heteroatoms. The van der Waals surface area contributed by atoms with E-state index in [1.807, 2.05) is 0 Å². The largest absolute Gasteiger partial charge is 0.376 e. The molecule has 1 rings (SSSR count). The predicted octanol–water partition coefficient (Wildman–Crippen LogP) is 2.85. The predicted molar refractivity (Wildman–Crippen MR) is 56.8 cm³/mol. The Kier molecular flexibility index (Phi) is 3.48. The van der Waals surface area contributed by atoms with Crippen molar-refractivity contribution in [3.63, 3.8) is 0 Å². The van der Waals surface area contributed by atoms with Gasteiger partial charge in [-0.15, -0.1) is 6.58 Å². The van der Waals surface area contributed by atoms with Crippen LogP contribution in [0.4, 0.5) is 11.4 Å². The molecule has 0 aliphatic carbocycles. The van der Waals surface area contributed by atoms with Crippen LogP contribution in [0.3, 0.4) is 0 Å². The SMILES string of the molecule is C=CCNc1cccc(Cl)c1[N+](=O)[O-]. The number of nitro benzene ring substituents is 1. The monoisotopic (exact) mass is 212 g/mol. The van der Waals surface area contributed by atoms with Crippen LogP contribution in [0.2, 0.25) is 5.02 Å². The van der Waals surface area contributed by atoms with Crippen molar-refractivity contribution in [2.45, 2.75) is 0 Å². The third-order valence-corrected chi connectivity index (χ3v) is 1.91. The molecular weight excluding hydrogens is 204 g/mol. The summed E-state index contributed by atoms with van der Waals surface area (Å²) in [5.74, 6) is 0. The van der Waals surface area contributed by atoms with Crippen LogP contribution in [0.1, 0.15) is 0 Å². The molecule has 0 atom stereocenters. The maximum Gasteiger partial charge on any atom is 0.310 e. The minimum absolute atomic E-state index is 0.101. The van der Waals surface area contributed by atoms with Gasteiger partial charge in [-0.05, 0) is 12.1 Å². The summed E-state index contributed by atoms with van der Waals surface area (Å²) < 4.78 is 0. The molecule has 1 aromatic rings. The fraction of sp³-hybridized carbons (Fsp3) is 0.111. The van der Waals surface area contributed by atoms with Crippen LogP contribution in [0.15, 0.2) is 30.9 Å². The molecule has 0 saturated heterocycles. The number of halogens is 1. The highest BCUT2D eigenvalue weighted by Crippen LogP contribution is 2.31. The number of nitrogens with zero attached hydrogens (tertiary/aromatic N) is 1. The lowest BCUT2D eigenvalue weighted by molar-refractivity contribution is -0.383. The van der Waals surface area contributed by atoms with Gasteiger partial charge in [0.2, 0.25) is 0 Å². The number of hydrogen-bond donors (Lipinski definition) is 1. The van der Waals surface area contributed by atoms with E-state index in [4.69, 9.17) is 11.6 Å². The van der Waals surface area contributed by atoms with E-state index in [-0.39, 0.29) is 10.7 Å². The molecule has 0 aliphatic rings. The first-order valence-electron chi connectivity index (χ1n) is 3.94. The van der Waals surface area contributed by atoms with E-state index in [0.29, 0.717) is 12.2 Å². The number of anilines is 1. The van der Waals surface area contributed by atoms with E-state index < -0.39 is 4.92 Å². The summed E-state index contributed by atoms with van der Waals surface area (Å²) in [6.45, 7) is 3.97. The Labute approximate surface area is 86.3 Å². The van der Waals surface area contributed by atoms with Crippen LogP contribution >= 0.6 is 11.6 Å². The lowest BCUT2D eigenvalue weighted by atomic mass is 10.2. The molecule has 0 spiro atoms. The molecule has 74 valence electrons. The van der Waals surface area contributed by atoms with Crippen LogP contribution in [0, 0.1) is 10.1 Å². The molecule has 0 saturated carbocycles. The number of rotatable bonds is 4. The van der Waals surface area contributed by atoms with Gasteiger partial charge in [0, 0.05) is 6.54 Å². The van der Waals surface area contributed by atoms with Crippen LogP contribution in [-0.4, -0.2) is 11.5 Å². The molecule has 1 N–H and O–H groups in total. The van der Waals surface area contributed by atoms with Crippen LogP contribution < -0.4 is 5.32 Å². The molecule has 0 heterocycles. The van der Waals surface area contributed by atoms with Crippen molar-refractivity contribution in [1.29, 1.82) is 0 Å². The normalized spacial score (nSPS) is 9.50. The van der Waals surface area contributed by atoms with Gasteiger partial charge >= 0.3 is 5.69 Å². The first-order valence-corrected chi connectivity index (χ1v) is 4.32. The molecule has 0 aromatic heterocycles. The van der Waals surface area contributed by atoms with Crippen molar-refractivity contribution in [3.05, 3.63) is 46.0 Å². The zero-order chi connectivity index (χ0) is 10.6. The third kappa shape index (κ3) is 2.23. The van der Waals surface area contributed by atoms with Crippen molar-refractivity contribution >= 4 is 23.0 Å². The van der Waals surface area contributed by atoms with Gasteiger partial charge in [0.05, 0.1) is 4.92 Å². The third-order valence-electron chi connectivity index (χ3n) is 1.61. The van der Waals surface area contributed by atoms with E-state index in [9.17, 15) is 10.1 Å². The molecule has 0 fully saturated rings. The highest BCUT2D eigenvalue weighted by molar-refractivity contribution is 6.33. The molecule has 1 aromatic carbocycles. The summed E-state index contributed by atoms with van der Waals surface area (Å²) in [6.07, 6.45) is 1.62. The molecule has 0 aliphatic heterocycles. The Morgan fingerprint density at radius 2 is 2.36 bits per heavy atom. The topological polar surface area (TPSA) is 55.2 Å². The zero-order valence-corrected chi connectivity index (χ0v) is 8.12. The lowest BCUT2D eigenvalue weighted by Crippen LogP contribution is -2.02. The van der Waals surface area contributed by atoms with Gasteiger partial charge in [0.1, 0.15) is 10.7 Å². The van der Waals surface area contributed by atoms with Gasteiger partial charge in [0.15, 0.2) is 0 Å². The fourth-order valence-electron chi connectivity index (χ4n) is 1.03. The van der Waals surface area contributed by atoms with Gasteiger partial charge in [0.25, 0.3) is 0 Å². The Hall–Kier alpha value is -1.55. The van der Waals surface area contributed by atoms with Crippen LogP contribution in [-0.2, 0) is 0 Å².